The number of imide groups is 1. The van der Waals surface area contributed by atoms with Crippen molar-refractivity contribution in [2.75, 3.05) is 205 Å². The number of rotatable bonds is 55. The topological polar surface area (TPSA) is 256 Å². The summed E-state index contributed by atoms with van der Waals surface area (Å²) in [6.45, 7) is 8.37. The molecule has 23 nitrogen and oxygen atoms in total. The monoisotopic (exact) mass is 1020 g/mol. The molecule has 1 aliphatic heterocycles. The van der Waals surface area contributed by atoms with Crippen LogP contribution in [0.5, 0.6) is 0 Å². The molecule has 0 saturated carbocycles. The van der Waals surface area contributed by atoms with E-state index in [1.165, 1.54) is 4.90 Å². The zero-order valence-corrected chi connectivity index (χ0v) is 41.1. The lowest BCUT2D eigenvalue weighted by molar-refractivity contribution is -0.129. The fourth-order valence-electron chi connectivity index (χ4n) is 6.02. The first-order valence-electron chi connectivity index (χ1n) is 25.5. The van der Waals surface area contributed by atoms with Crippen molar-refractivity contribution >= 4 is 36.5 Å². The van der Waals surface area contributed by atoms with Gasteiger partial charge in [-0.3, -0.25) is 19.3 Å². The van der Waals surface area contributed by atoms with E-state index in [1.54, 1.807) is 24.3 Å². The van der Waals surface area contributed by atoms with Crippen LogP contribution < -0.4 is 5.32 Å². The third-order valence-corrected chi connectivity index (χ3v) is 9.49. The molecule has 2 rings (SSSR count). The summed E-state index contributed by atoms with van der Waals surface area (Å²) < 4.78 is 104. The predicted molar refractivity (Wildman–Crippen MR) is 252 cm³/mol. The van der Waals surface area contributed by atoms with Gasteiger partial charge in [0, 0.05) is 25.7 Å². The summed E-state index contributed by atoms with van der Waals surface area (Å²) in [4.78, 5) is 71.9. The van der Waals surface area contributed by atoms with Crippen molar-refractivity contribution in [2.45, 2.75) is 31.2 Å². The minimum atomic E-state index is -1.30. The fraction of sp³-hybridized carbons (Fsp3) is 0.750. The van der Waals surface area contributed by atoms with Crippen molar-refractivity contribution in [3.05, 3.63) is 35.4 Å². The van der Waals surface area contributed by atoms with Crippen molar-refractivity contribution in [3.63, 3.8) is 0 Å². The van der Waals surface area contributed by atoms with E-state index >= 15 is 0 Å². The Labute approximate surface area is 421 Å². The van der Waals surface area contributed by atoms with E-state index in [1.807, 2.05) is 0 Å². The van der Waals surface area contributed by atoms with E-state index in [4.69, 9.17) is 75.2 Å². The standard InChI is InChI=1S/C48H78N2O21/c51-10-3-13-69-40-48(41-70-14-4-11-52,42-71-15-5-12-53)49-45(54)8-16-57-18-20-59-22-24-61-26-28-63-30-32-65-34-36-67-38-39-68-37-35-66-33-31-64-29-27-62-25-23-60-21-19-58-17-9-50-46(55)43-6-1-2-7-44(43)47(50)56/h1-2,6-7,10-12H,3-5,8-9,13-42H2,(H,49,54)/i10T,11T,12T. The van der Waals surface area contributed by atoms with Gasteiger partial charge in [-0.1, -0.05) is 12.1 Å². The highest BCUT2D eigenvalue weighted by Gasteiger charge is 2.35. The van der Waals surface area contributed by atoms with Crippen LogP contribution in [-0.2, 0) is 90.2 Å². The summed E-state index contributed by atoms with van der Waals surface area (Å²) in [6, 6.07) is 6.77. The van der Waals surface area contributed by atoms with Gasteiger partial charge in [0.2, 0.25) is 5.91 Å². The van der Waals surface area contributed by atoms with Gasteiger partial charge in [-0.15, -0.1) is 0 Å². The number of carbonyl (C=O) groups excluding carboxylic acids is 6. The van der Waals surface area contributed by atoms with E-state index < -0.39 is 30.2 Å². The molecular formula is C48H78N2O21. The highest BCUT2D eigenvalue weighted by Crippen LogP contribution is 2.22. The van der Waals surface area contributed by atoms with Crippen LogP contribution in [0.3, 0.4) is 0 Å². The SMILES string of the molecule is [3H]C(=O)CCOCC(COCCC([3H])=O)(COCCC([3H])=O)NC(=O)CCOCCOCCOCCOCCOCCOCCOCCOCCOCCOCCOCCOCCN1C(=O)c2ccccc2C1=O. The van der Waals surface area contributed by atoms with E-state index in [0.717, 1.165) is 0 Å². The Morgan fingerprint density at radius 3 is 0.972 bits per heavy atom. The molecule has 1 heterocycles. The largest absolute Gasteiger partial charge is 0.379 e. The zero-order valence-electron chi connectivity index (χ0n) is 44.1. The molecule has 0 radical (unpaired) electrons. The van der Waals surface area contributed by atoms with Gasteiger partial charge in [-0.05, 0) is 12.1 Å². The maximum Gasteiger partial charge on any atom is 0.261 e. The molecule has 0 saturated heterocycles. The normalized spacial score (nSPS) is 13.1. The first-order valence-corrected chi connectivity index (χ1v) is 24.0. The smallest absolute Gasteiger partial charge is 0.261 e. The second-order valence-corrected chi connectivity index (χ2v) is 15.1. The summed E-state index contributed by atoms with van der Waals surface area (Å²) in [5, 5.41) is 2.80. The van der Waals surface area contributed by atoms with Gasteiger partial charge in [0.25, 0.3) is 11.8 Å². The lowest BCUT2D eigenvalue weighted by Gasteiger charge is -2.34. The van der Waals surface area contributed by atoms with Gasteiger partial charge < -0.3 is 90.8 Å². The highest BCUT2D eigenvalue weighted by atomic mass is 16.6. The number of fused-ring (bicyclic) bond motifs is 1. The molecule has 0 bridgehead atoms. The number of benzene rings is 1. The molecule has 0 atom stereocenters. The average Bonchev–Trinajstić information content (AvgIpc) is 3.62. The Kier molecular flexibility index (Phi) is 37.7. The summed E-state index contributed by atoms with van der Waals surface area (Å²) in [5.74, 6) is -1.03. The number of amides is 3. The second-order valence-electron chi connectivity index (χ2n) is 15.1. The van der Waals surface area contributed by atoms with Gasteiger partial charge in [0.15, 0.2) is 0 Å². The van der Waals surface area contributed by atoms with Crippen LogP contribution in [0.25, 0.3) is 0 Å². The summed E-state index contributed by atoms with van der Waals surface area (Å²) in [6.07, 6.45) is -3.05. The summed E-state index contributed by atoms with van der Waals surface area (Å²) in [7, 11) is 0. The molecule has 1 aromatic rings. The van der Waals surface area contributed by atoms with Crippen LogP contribution in [0, 0.1) is 0 Å². The minimum absolute atomic E-state index is 0.0473. The third-order valence-electron chi connectivity index (χ3n) is 9.49. The van der Waals surface area contributed by atoms with Crippen molar-refractivity contribution in [3.8, 4) is 0 Å². The van der Waals surface area contributed by atoms with Crippen LogP contribution in [0.1, 0.15) is 50.5 Å². The Morgan fingerprint density at radius 1 is 0.423 bits per heavy atom. The lowest BCUT2D eigenvalue weighted by atomic mass is 10.0. The first kappa shape index (κ1) is 58.1. The van der Waals surface area contributed by atoms with Crippen molar-refractivity contribution in [1.29, 1.82) is 0 Å². The molecule has 0 aliphatic carbocycles. The van der Waals surface area contributed by atoms with Crippen LogP contribution in [0.4, 0.5) is 0 Å². The Morgan fingerprint density at radius 2 is 0.690 bits per heavy atom. The molecule has 3 amide bonds. The zero-order chi connectivity index (χ0) is 53.6. The molecule has 0 aromatic heterocycles. The van der Waals surface area contributed by atoms with Crippen LogP contribution in [0.15, 0.2) is 24.3 Å². The Balaban J connectivity index is 1.28. The van der Waals surface area contributed by atoms with Crippen LogP contribution >= 0.6 is 0 Å². The second kappa shape index (κ2) is 46.1. The van der Waals surface area contributed by atoms with Gasteiger partial charge >= 0.3 is 0 Å². The molecule has 0 fully saturated rings. The van der Waals surface area contributed by atoms with Crippen molar-refractivity contribution < 1.29 is 104 Å². The number of carbonyl (C=O) groups is 6. The molecule has 406 valence electrons. The van der Waals surface area contributed by atoms with Gasteiger partial charge in [0.1, 0.15) is 28.4 Å². The maximum absolute atomic E-state index is 12.9. The van der Waals surface area contributed by atoms with E-state index in [0.29, 0.717) is 143 Å². The Hall–Kier alpha value is -3.76. The molecular weight excluding hydrogens is 941 g/mol. The minimum Gasteiger partial charge on any atom is -0.379 e. The quantitative estimate of drug-likeness (QED) is 0.0531. The molecule has 0 spiro atoms. The average molecular weight is 1030 g/mol. The van der Waals surface area contributed by atoms with Gasteiger partial charge in [-0.25, -0.2) is 0 Å². The van der Waals surface area contributed by atoms with E-state index in [-0.39, 0.29) is 110 Å². The first-order chi connectivity index (χ1) is 36.0. The molecule has 1 aromatic carbocycles. The third kappa shape index (κ3) is 33.6. The summed E-state index contributed by atoms with van der Waals surface area (Å²) >= 11 is 0. The number of aldehydes is 3. The van der Waals surface area contributed by atoms with Crippen molar-refractivity contribution in [1.82, 2.24) is 10.2 Å². The molecule has 1 aliphatic rings. The highest BCUT2D eigenvalue weighted by molar-refractivity contribution is 6.21. The molecule has 0 unspecified atom stereocenters. The molecule has 71 heavy (non-hydrogen) atoms. The van der Waals surface area contributed by atoms with E-state index in [9.17, 15) is 28.8 Å². The summed E-state index contributed by atoms with van der Waals surface area (Å²) in [5.41, 5.74) is -0.446. The number of ether oxygens (including phenoxy) is 15. The number of nitrogens with zero attached hydrogens (tertiary/aromatic N) is 1. The predicted octanol–water partition coefficient (Wildman–Crippen LogP) is 0.544. The number of hydrogen-bond acceptors (Lipinski definition) is 21. The van der Waals surface area contributed by atoms with Gasteiger partial charge in [-0.2, -0.15) is 0 Å². The number of nitrogens with one attached hydrogen (secondary N) is 1. The fourth-order valence-corrected chi connectivity index (χ4v) is 6.02. The van der Waals surface area contributed by atoms with Gasteiger partial charge in [0.05, 0.1) is 216 Å². The van der Waals surface area contributed by atoms with Crippen LogP contribution in [-0.4, -0.2) is 252 Å². The Bertz CT molecular complexity index is 1580. The maximum atomic E-state index is 12.9. The van der Waals surface area contributed by atoms with Crippen LogP contribution in [0.2, 0.25) is 0 Å². The van der Waals surface area contributed by atoms with Crippen molar-refractivity contribution in [2.24, 2.45) is 0 Å². The molecule has 23 heteroatoms. The lowest BCUT2D eigenvalue weighted by Crippen LogP contribution is -2.58. The number of hydrogen-bond donors (Lipinski definition) is 1. The van der Waals surface area contributed by atoms with E-state index in [2.05, 4.69) is 5.32 Å². The molecule has 1 N–H and O–H groups in total.